The van der Waals surface area contributed by atoms with Gasteiger partial charge in [-0.25, -0.2) is 18.4 Å². The molecule has 214 valence electrons. The zero-order chi connectivity index (χ0) is 28.8. The number of rotatable bonds is 10. The Morgan fingerprint density at radius 2 is 1.90 bits per heavy atom. The number of carbonyl (C=O) groups is 1. The van der Waals surface area contributed by atoms with Gasteiger partial charge >= 0.3 is 0 Å². The SMILES string of the molecule is CS(=O)(=O)CC/C=C/C(=O)Nc1ccc(CN2CCC(Nc3ncc(Cl)c(-c4c[nH]c5ccccc45)n3)CC2)cc1. The number of allylic oxidation sites excluding steroid dienone is 1. The fraction of sp³-hybridized carbons (Fsp3) is 0.300. The van der Waals surface area contributed by atoms with E-state index >= 15 is 0 Å². The number of likely N-dealkylation sites (tertiary alicyclic amines) is 1. The van der Waals surface area contributed by atoms with E-state index in [2.05, 4.69) is 31.6 Å². The third-order valence-electron chi connectivity index (χ3n) is 7.06. The van der Waals surface area contributed by atoms with Crippen LogP contribution in [0.25, 0.3) is 22.2 Å². The number of aromatic amines is 1. The van der Waals surface area contributed by atoms with Gasteiger partial charge in [-0.3, -0.25) is 9.69 Å². The largest absolute Gasteiger partial charge is 0.360 e. The average Bonchev–Trinajstić information content (AvgIpc) is 3.38. The maximum Gasteiger partial charge on any atom is 0.248 e. The molecule has 41 heavy (non-hydrogen) atoms. The summed E-state index contributed by atoms with van der Waals surface area (Å²) < 4.78 is 22.3. The standard InChI is InChI=1S/C30H33ClN6O3S/c1-41(39,40)17-5-4-8-28(38)34-22-11-9-21(10-12-22)20-37-15-13-23(14-16-37)35-30-33-19-26(31)29(36-30)25-18-32-27-7-3-2-6-24(25)27/h2-4,6-12,18-19,23,32H,5,13-17,20H2,1H3,(H,34,38)(H,33,35,36)/b8-4+. The number of nitrogens with one attached hydrogen (secondary N) is 3. The lowest BCUT2D eigenvalue weighted by atomic mass is 10.0. The van der Waals surface area contributed by atoms with Crippen LogP contribution >= 0.6 is 11.6 Å². The molecule has 0 radical (unpaired) electrons. The van der Waals surface area contributed by atoms with E-state index in [-0.39, 0.29) is 17.7 Å². The minimum Gasteiger partial charge on any atom is -0.360 e. The maximum absolute atomic E-state index is 12.1. The lowest BCUT2D eigenvalue weighted by Gasteiger charge is -2.32. The van der Waals surface area contributed by atoms with Crippen molar-refractivity contribution in [1.82, 2.24) is 19.9 Å². The number of hydrogen-bond acceptors (Lipinski definition) is 7. The van der Waals surface area contributed by atoms with Crippen molar-refractivity contribution in [3.8, 4) is 11.3 Å². The van der Waals surface area contributed by atoms with Gasteiger partial charge < -0.3 is 15.6 Å². The summed E-state index contributed by atoms with van der Waals surface area (Å²) in [5.41, 5.74) is 4.57. The van der Waals surface area contributed by atoms with Crippen molar-refractivity contribution < 1.29 is 13.2 Å². The van der Waals surface area contributed by atoms with E-state index in [1.54, 1.807) is 12.3 Å². The highest BCUT2D eigenvalue weighted by molar-refractivity contribution is 7.90. The molecule has 1 aliphatic rings. The van der Waals surface area contributed by atoms with E-state index < -0.39 is 9.84 Å². The molecule has 0 saturated carbocycles. The van der Waals surface area contributed by atoms with E-state index in [9.17, 15) is 13.2 Å². The molecule has 3 heterocycles. The molecule has 9 nitrogen and oxygen atoms in total. The molecule has 5 rings (SSSR count). The average molecular weight is 593 g/mol. The summed E-state index contributed by atoms with van der Waals surface area (Å²) in [5.74, 6) is 0.329. The number of halogens is 1. The molecule has 0 aliphatic carbocycles. The Morgan fingerprint density at radius 3 is 2.66 bits per heavy atom. The number of nitrogens with zero attached hydrogens (tertiary/aromatic N) is 3. The number of amides is 1. The van der Waals surface area contributed by atoms with Crippen molar-refractivity contribution in [2.24, 2.45) is 0 Å². The third kappa shape index (κ3) is 7.93. The summed E-state index contributed by atoms with van der Waals surface area (Å²) in [4.78, 5) is 27.0. The molecule has 3 N–H and O–H groups in total. The fourth-order valence-electron chi connectivity index (χ4n) is 4.92. The van der Waals surface area contributed by atoms with Crippen molar-refractivity contribution in [1.29, 1.82) is 0 Å². The summed E-state index contributed by atoms with van der Waals surface area (Å²) in [6.07, 6.45) is 9.97. The van der Waals surface area contributed by atoms with Crippen LogP contribution in [0, 0.1) is 0 Å². The number of hydrogen-bond donors (Lipinski definition) is 3. The number of para-hydroxylation sites is 1. The molecule has 0 unspecified atom stereocenters. The van der Waals surface area contributed by atoms with Crippen LogP contribution in [-0.2, 0) is 21.2 Å². The number of piperidine rings is 1. The molecular formula is C30H33ClN6O3S. The quantitative estimate of drug-likeness (QED) is 0.214. The van der Waals surface area contributed by atoms with Crippen molar-refractivity contribution in [3.05, 3.63) is 83.7 Å². The molecule has 2 aromatic carbocycles. The van der Waals surface area contributed by atoms with Gasteiger partial charge in [0.05, 0.1) is 22.7 Å². The Hall–Kier alpha value is -3.73. The number of H-pyrrole nitrogens is 1. The van der Waals surface area contributed by atoms with Gasteiger partial charge in [0.25, 0.3) is 0 Å². The maximum atomic E-state index is 12.1. The van der Waals surface area contributed by atoms with Gasteiger partial charge in [-0.2, -0.15) is 0 Å². The lowest BCUT2D eigenvalue weighted by molar-refractivity contribution is -0.111. The van der Waals surface area contributed by atoms with E-state index in [1.165, 1.54) is 17.9 Å². The second-order valence-corrected chi connectivity index (χ2v) is 13.0. The van der Waals surface area contributed by atoms with E-state index in [0.717, 1.165) is 48.9 Å². The van der Waals surface area contributed by atoms with Crippen LogP contribution in [0.3, 0.4) is 0 Å². The molecule has 1 fully saturated rings. The topological polar surface area (TPSA) is 120 Å². The van der Waals surface area contributed by atoms with Crippen LogP contribution in [0.15, 0.2) is 73.1 Å². The van der Waals surface area contributed by atoms with Crippen molar-refractivity contribution in [2.75, 3.05) is 35.7 Å². The van der Waals surface area contributed by atoms with E-state index in [4.69, 9.17) is 16.6 Å². The summed E-state index contributed by atoms with van der Waals surface area (Å²) in [5, 5.41) is 7.89. The summed E-state index contributed by atoms with van der Waals surface area (Å²) in [7, 11) is -3.03. The molecule has 11 heteroatoms. The lowest BCUT2D eigenvalue weighted by Crippen LogP contribution is -2.39. The van der Waals surface area contributed by atoms with Gasteiger partial charge in [-0.15, -0.1) is 0 Å². The van der Waals surface area contributed by atoms with Crippen LogP contribution in [-0.4, -0.2) is 65.3 Å². The number of fused-ring (bicyclic) bond motifs is 1. The number of sulfone groups is 1. The van der Waals surface area contributed by atoms with Crippen molar-refractivity contribution in [3.63, 3.8) is 0 Å². The molecule has 0 spiro atoms. The van der Waals surface area contributed by atoms with E-state index in [0.29, 0.717) is 28.8 Å². The monoisotopic (exact) mass is 592 g/mol. The second-order valence-electron chi connectivity index (χ2n) is 10.3. The number of aromatic nitrogens is 3. The minimum atomic E-state index is -3.03. The highest BCUT2D eigenvalue weighted by Gasteiger charge is 2.21. The number of benzene rings is 2. The summed E-state index contributed by atoms with van der Waals surface area (Å²) in [6, 6.07) is 16.1. The first-order chi connectivity index (χ1) is 19.7. The Labute approximate surface area is 245 Å². The van der Waals surface area contributed by atoms with Gasteiger partial charge in [-0.1, -0.05) is 48.0 Å². The van der Waals surface area contributed by atoms with Crippen LogP contribution in [0.4, 0.5) is 11.6 Å². The Kier molecular flexibility index (Phi) is 9.02. The van der Waals surface area contributed by atoms with Crippen LogP contribution in [0.5, 0.6) is 0 Å². The van der Waals surface area contributed by atoms with Gasteiger partial charge in [0.2, 0.25) is 11.9 Å². The Morgan fingerprint density at radius 1 is 1.15 bits per heavy atom. The molecule has 0 bridgehead atoms. The van der Waals surface area contributed by atoms with Gasteiger partial charge in [0.15, 0.2) is 0 Å². The van der Waals surface area contributed by atoms with E-state index in [1.807, 2.05) is 48.7 Å². The first kappa shape index (κ1) is 28.8. The third-order valence-corrected chi connectivity index (χ3v) is 8.32. The molecule has 0 atom stereocenters. The first-order valence-electron chi connectivity index (χ1n) is 13.6. The highest BCUT2D eigenvalue weighted by Crippen LogP contribution is 2.32. The van der Waals surface area contributed by atoms with Gasteiger partial charge in [-0.05, 0) is 49.1 Å². The minimum absolute atomic E-state index is 0.0282. The zero-order valence-electron chi connectivity index (χ0n) is 22.8. The predicted octanol–water partition coefficient (Wildman–Crippen LogP) is 5.28. The molecule has 1 saturated heterocycles. The number of carbonyl (C=O) groups excluding carboxylic acids is 1. The molecular weight excluding hydrogens is 560 g/mol. The van der Waals surface area contributed by atoms with Crippen LogP contribution in [0.2, 0.25) is 5.02 Å². The number of anilines is 2. The van der Waals surface area contributed by atoms with Gasteiger partial charge in [0, 0.05) is 60.3 Å². The smallest absolute Gasteiger partial charge is 0.248 e. The normalized spacial score (nSPS) is 15.0. The second kappa shape index (κ2) is 12.8. The predicted molar refractivity (Wildman–Crippen MR) is 165 cm³/mol. The first-order valence-corrected chi connectivity index (χ1v) is 16.0. The molecule has 1 aliphatic heterocycles. The Balaban J connectivity index is 1.10. The van der Waals surface area contributed by atoms with Crippen LogP contribution < -0.4 is 10.6 Å². The Bertz CT molecular complexity index is 1640. The summed E-state index contributed by atoms with van der Waals surface area (Å²) in [6.45, 7) is 2.71. The molecule has 1 amide bonds. The zero-order valence-corrected chi connectivity index (χ0v) is 24.4. The van der Waals surface area contributed by atoms with Crippen molar-refractivity contribution >= 4 is 49.9 Å². The molecule has 2 aromatic heterocycles. The van der Waals surface area contributed by atoms with Crippen LogP contribution in [0.1, 0.15) is 24.8 Å². The van der Waals surface area contributed by atoms with Gasteiger partial charge in [0.1, 0.15) is 9.84 Å². The van der Waals surface area contributed by atoms with Crippen molar-refractivity contribution in [2.45, 2.75) is 31.8 Å². The molecule has 4 aromatic rings. The summed E-state index contributed by atoms with van der Waals surface area (Å²) >= 11 is 6.49. The highest BCUT2D eigenvalue weighted by atomic mass is 35.5. The fourth-order valence-corrected chi connectivity index (χ4v) is 5.68.